The van der Waals surface area contributed by atoms with Gasteiger partial charge in [-0.1, -0.05) is 53.6 Å². The van der Waals surface area contributed by atoms with Gasteiger partial charge >= 0.3 is 6.01 Å². The van der Waals surface area contributed by atoms with E-state index in [4.69, 9.17) is 4.42 Å². The number of hydrogen-bond donors (Lipinski definition) is 1. The molecule has 1 atom stereocenters. The van der Waals surface area contributed by atoms with Crippen molar-refractivity contribution < 1.29 is 9.21 Å². The third-order valence-electron chi connectivity index (χ3n) is 5.23. The molecule has 0 bridgehead atoms. The highest BCUT2D eigenvalue weighted by Crippen LogP contribution is 2.26. The van der Waals surface area contributed by atoms with Crippen LogP contribution < -0.4 is 10.2 Å². The Morgan fingerprint density at radius 1 is 1.04 bits per heavy atom. The molecule has 2 aromatic carbocycles. The lowest BCUT2D eigenvalue weighted by molar-refractivity contribution is -0.126. The fourth-order valence-electron chi connectivity index (χ4n) is 3.53. The van der Waals surface area contributed by atoms with Crippen molar-refractivity contribution in [3.63, 3.8) is 0 Å². The van der Waals surface area contributed by atoms with Gasteiger partial charge in [0.2, 0.25) is 11.8 Å². The van der Waals surface area contributed by atoms with Crippen LogP contribution in [-0.2, 0) is 4.79 Å². The third kappa shape index (κ3) is 4.06. The number of carbonyl (C=O) groups excluding carboxylic acids is 1. The molecule has 6 nitrogen and oxygen atoms in total. The molecule has 3 aromatic rings. The number of amides is 1. The number of anilines is 1. The van der Waals surface area contributed by atoms with Crippen molar-refractivity contribution in [2.24, 2.45) is 5.92 Å². The van der Waals surface area contributed by atoms with Gasteiger partial charge in [-0.15, -0.1) is 5.10 Å². The van der Waals surface area contributed by atoms with E-state index in [0.717, 1.165) is 37.1 Å². The Kier molecular flexibility index (Phi) is 5.37. The maximum Gasteiger partial charge on any atom is 0.318 e. The highest BCUT2D eigenvalue weighted by Gasteiger charge is 2.28. The van der Waals surface area contributed by atoms with E-state index in [0.29, 0.717) is 11.9 Å². The zero-order valence-electron chi connectivity index (χ0n) is 15.9. The molecule has 1 aliphatic rings. The first-order chi connectivity index (χ1) is 13.7. The summed E-state index contributed by atoms with van der Waals surface area (Å²) in [4.78, 5) is 14.7. The quantitative estimate of drug-likeness (QED) is 0.733. The van der Waals surface area contributed by atoms with Gasteiger partial charge in [0.05, 0.1) is 6.04 Å². The molecule has 6 heteroatoms. The molecular weight excluding hydrogens is 352 g/mol. The van der Waals surface area contributed by atoms with Crippen molar-refractivity contribution in [2.45, 2.75) is 25.8 Å². The Labute approximate surface area is 164 Å². The Morgan fingerprint density at radius 2 is 1.68 bits per heavy atom. The van der Waals surface area contributed by atoms with Gasteiger partial charge in [-0.25, -0.2) is 0 Å². The second-order valence-electron chi connectivity index (χ2n) is 7.16. The second kappa shape index (κ2) is 8.25. The van der Waals surface area contributed by atoms with Gasteiger partial charge in [0.25, 0.3) is 0 Å². The highest BCUT2D eigenvalue weighted by atomic mass is 16.4. The van der Waals surface area contributed by atoms with Crippen molar-refractivity contribution in [3.8, 4) is 11.5 Å². The first kappa shape index (κ1) is 18.2. The Bertz CT molecular complexity index is 903. The van der Waals surface area contributed by atoms with Crippen LogP contribution in [0.4, 0.5) is 6.01 Å². The lowest BCUT2D eigenvalue weighted by Crippen LogP contribution is -2.41. The molecule has 1 saturated heterocycles. The Hall–Kier alpha value is -3.15. The largest absolute Gasteiger partial charge is 0.403 e. The molecule has 1 unspecified atom stereocenters. The molecule has 0 aliphatic carbocycles. The predicted octanol–water partition coefficient (Wildman–Crippen LogP) is 3.83. The van der Waals surface area contributed by atoms with Crippen LogP contribution in [0, 0.1) is 5.92 Å². The zero-order valence-corrected chi connectivity index (χ0v) is 15.9. The molecule has 1 amide bonds. The smallest absolute Gasteiger partial charge is 0.318 e. The van der Waals surface area contributed by atoms with Crippen molar-refractivity contribution >= 4 is 11.9 Å². The van der Waals surface area contributed by atoms with Gasteiger partial charge in [-0.05, 0) is 37.5 Å². The first-order valence-corrected chi connectivity index (χ1v) is 9.70. The molecule has 0 spiro atoms. The second-order valence-corrected chi connectivity index (χ2v) is 7.16. The van der Waals surface area contributed by atoms with E-state index >= 15 is 0 Å². The van der Waals surface area contributed by atoms with Crippen molar-refractivity contribution in [3.05, 3.63) is 66.2 Å². The standard InChI is InChI=1S/C22H24N4O2/c1-16(17-8-4-2-5-9-17)23-20(27)18-12-14-26(15-13-18)22-25-24-21(28-22)19-10-6-3-7-11-19/h2-11,16,18H,12-15H2,1H3,(H,23,27). The SMILES string of the molecule is CC(NC(=O)C1CCN(c2nnc(-c3ccccc3)o2)CC1)c1ccccc1. The summed E-state index contributed by atoms with van der Waals surface area (Å²) in [7, 11) is 0. The molecule has 4 rings (SSSR count). The summed E-state index contributed by atoms with van der Waals surface area (Å²) in [6.07, 6.45) is 1.55. The summed E-state index contributed by atoms with van der Waals surface area (Å²) in [6, 6.07) is 20.3. The number of nitrogens with one attached hydrogen (secondary N) is 1. The minimum Gasteiger partial charge on any atom is -0.403 e. The fourth-order valence-corrected chi connectivity index (χ4v) is 3.53. The number of hydrogen-bond acceptors (Lipinski definition) is 5. The minimum atomic E-state index is 0.0103. The van der Waals surface area contributed by atoms with E-state index in [1.165, 1.54) is 0 Å². The minimum absolute atomic E-state index is 0.0103. The molecular formula is C22H24N4O2. The fraction of sp³-hybridized carbons (Fsp3) is 0.318. The van der Waals surface area contributed by atoms with E-state index < -0.39 is 0 Å². The molecule has 28 heavy (non-hydrogen) atoms. The van der Waals surface area contributed by atoms with E-state index in [-0.39, 0.29) is 17.9 Å². The summed E-state index contributed by atoms with van der Waals surface area (Å²) in [5.41, 5.74) is 2.03. The Balaban J connectivity index is 1.32. The first-order valence-electron chi connectivity index (χ1n) is 9.70. The molecule has 144 valence electrons. The summed E-state index contributed by atoms with van der Waals surface area (Å²) >= 11 is 0. The number of aromatic nitrogens is 2. The average molecular weight is 376 g/mol. The predicted molar refractivity (Wildman–Crippen MR) is 108 cm³/mol. The number of carbonyl (C=O) groups is 1. The van der Waals surface area contributed by atoms with Gasteiger partial charge in [0.15, 0.2) is 0 Å². The van der Waals surface area contributed by atoms with Gasteiger partial charge < -0.3 is 14.6 Å². The van der Waals surface area contributed by atoms with E-state index in [1.807, 2.05) is 67.6 Å². The van der Waals surface area contributed by atoms with Crippen LogP contribution in [0.2, 0.25) is 0 Å². The topological polar surface area (TPSA) is 71.3 Å². The summed E-state index contributed by atoms with van der Waals surface area (Å²) in [6.45, 7) is 3.48. The van der Waals surface area contributed by atoms with E-state index in [9.17, 15) is 4.79 Å². The summed E-state index contributed by atoms with van der Waals surface area (Å²) in [5, 5.41) is 11.5. The van der Waals surface area contributed by atoms with Gasteiger partial charge in [0.1, 0.15) is 0 Å². The number of piperidine rings is 1. The number of benzene rings is 2. The molecule has 1 aromatic heterocycles. The van der Waals surface area contributed by atoms with Gasteiger partial charge in [-0.3, -0.25) is 4.79 Å². The highest BCUT2D eigenvalue weighted by molar-refractivity contribution is 5.79. The van der Waals surface area contributed by atoms with E-state index in [2.05, 4.69) is 20.4 Å². The number of rotatable bonds is 5. The molecule has 0 saturated carbocycles. The monoisotopic (exact) mass is 376 g/mol. The molecule has 2 heterocycles. The van der Waals surface area contributed by atoms with Gasteiger partial charge in [-0.2, -0.15) is 0 Å². The van der Waals surface area contributed by atoms with Crippen LogP contribution in [0.3, 0.4) is 0 Å². The lowest BCUT2D eigenvalue weighted by atomic mass is 9.95. The van der Waals surface area contributed by atoms with Crippen LogP contribution in [0.25, 0.3) is 11.5 Å². The van der Waals surface area contributed by atoms with Crippen molar-refractivity contribution in [1.82, 2.24) is 15.5 Å². The molecule has 1 N–H and O–H groups in total. The Morgan fingerprint density at radius 3 is 2.36 bits per heavy atom. The average Bonchev–Trinajstić information content (AvgIpc) is 3.25. The van der Waals surface area contributed by atoms with E-state index in [1.54, 1.807) is 0 Å². The van der Waals surface area contributed by atoms with Crippen molar-refractivity contribution in [1.29, 1.82) is 0 Å². The summed E-state index contributed by atoms with van der Waals surface area (Å²) in [5.74, 6) is 0.651. The van der Waals surface area contributed by atoms with Crippen LogP contribution in [0.1, 0.15) is 31.4 Å². The van der Waals surface area contributed by atoms with Crippen LogP contribution in [-0.4, -0.2) is 29.2 Å². The van der Waals surface area contributed by atoms with Crippen molar-refractivity contribution in [2.75, 3.05) is 18.0 Å². The third-order valence-corrected chi connectivity index (χ3v) is 5.23. The maximum absolute atomic E-state index is 12.6. The zero-order chi connectivity index (χ0) is 19.3. The number of nitrogens with zero attached hydrogens (tertiary/aromatic N) is 3. The van der Waals surface area contributed by atoms with Crippen LogP contribution in [0.5, 0.6) is 0 Å². The van der Waals surface area contributed by atoms with Gasteiger partial charge in [0, 0.05) is 24.6 Å². The molecule has 0 radical (unpaired) electrons. The van der Waals surface area contributed by atoms with Crippen LogP contribution in [0.15, 0.2) is 65.1 Å². The summed E-state index contributed by atoms with van der Waals surface area (Å²) < 4.78 is 5.83. The lowest BCUT2D eigenvalue weighted by Gasteiger charge is -2.30. The molecule has 1 fully saturated rings. The van der Waals surface area contributed by atoms with Crippen LogP contribution >= 0.6 is 0 Å². The molecule has 1 aliphatic heterocycles. The maximum atomic E-state index is 12.6. The normalized spacial score (nSPS) is 16.0.